The number of halogens is 1. The van der Waals surface area contributed by atoms with Crippen LogP contribution < -0.4 is 20.4 Å². The number of benzene rings is 1. The van der Waals surface area contributed by atoms with Crippen molar-refractivity contribution in [2.75, 3.05) is 31.6 Å². The summed E-state index contributed by atoms with van der Waals surface area (Å²) < 4.78 is 22.5. The first-order valence-electron chi connectivity index (χ1n) is 9.54. The second kappa shape index (κ2) is 7.14. The predicted octanol–water partition coefficient (Wildman–Crippen LogP) is 1.55. The summed E-state index contributed by atoms with van der Waals surface area (Å²) in [5.41, 5.74) is -0.604. The number of Topliss-reactive ketones (excluding diaryl/α,β-unsaturated/α-hetero) is 1. The first-order valence-corrected chi connectivity index (χ1v) is 9.54. The topological polar surface area (TPSA) is 101 Å². The fraction of sp³-hybridized carbons (Fsp3) is 0.450. The van der Waals surface area contributed by atoms with Gasteiger partial charge in [-0.3, -0.25) is 9.59 Å². The van der Waals surface area contributed by atoms with Crippen molar-refractivity contribution in [3.63, 3.8) is 0 Å². The van der Waals surface area contributed by atoms with Gasteiger partial charge >= 0.3 is 5.97 Å². The first-order chi connectivity index (χ1) is 13.8. The summed E-state index contributed by atoms with van der Waals surface area (Å²) in [5.74, 6) is -3.43. The number of piperazine rings is 1. The number of aliphatic carboxylic acids is 1. The molecule has 2 heterocycles. The van der Waals surface area contributed by atoms with Gasteiger partial charge in [0.05, 0.1) is 23.6 Å². The molecule has 1 aromatic heterocycles. The molecule has 1 atom stereocenters. The van der Waals surface area contributed by atoms with Crippen LogP contribution in [0.25, 0.3) is 10.9 Å². The SMILES string of the molecule is COc1c(N2CCNC(C)C2)c(F)cc2c(=O)c(C(=O)C(=O)O)cn(C3CC3)c12. The van der Waals surface area contributed by atoms with Gasteiger partial charge in [-0.2, -0.15) is 0 Å². The van der Waals surface area contributed by atoms with Crippen molar-refractivity contribution in [3.8, 4) is 5.75 Å². The third-order valence-electron chi connectivity index (χ3n) is 5.47. The Bertz CT molecular complexity index is 1080. The number of ketones is 1. The van der Waals surface area contributed by atoms with Crippen LogP contribution in [0.1, 0.15) is 36.2 Å². The van der Waals surface area contributed by atoms with Crippen molar-refractivity contribution in [3.05, 3.63) is 33.9 Å². The van der Waals surface area contributed by atoms with E-state index in [-0.39, 0.29) is 28.9 Å². The minimum atomic E-state index is -1.72. The van der Waals surface area contributed by atoms with Crippen molar-refractivity contribution in [2.24, 2.45) is 0 Å². The first kappa shape index (κ1) is 19.4. The Morgan fingerprint density at radius 1 is 1.34 bits per heavy atom. The molecule has 1 saturated heterocycles. The zero-order valence-corrected chi connectivity index (χ0v) is 16.2. The minimum Gasteiger partial charge on any atom is -0.492 e. The van der Waals surface area contributed by atoms with E-state index in [2.05, 4.69) is 5.32 Å². The van der Waals surface area contributed by atoms with Crippen molar-refractivity contribution >= 4 is 28.3 Å². The Balaban J connectivity index is 2.02. The number of pyridine rings is 1. The van der Waals surface area contributed by atoms with E-state index in [1.54, 1.807) is 4.57 Å². The lowest BCUT2D eigenvalue weighted by molar-refractivity contribution is -0.131. The Kier molecular flexibility index (Phi) is 4.77. The predicted molar refractivity (Wildman–Crippen MR) is 105 cm³/mol. The van der Waals surface area contributed by atoms with Gasteiger partial charge in [-0.05, 0) is 25.8 Å². The van der Waals surface area contributed by atoms with Gasteiger partial charge in [-0.1, -0.05) is 0 Å². The van der Waals surface area contributed by atoms with Crippen LogP contribution in [0.15, 0.2) is 17.1 Å². The number of aromatic nitrogens is 1. The molecule has 2 N–H and O–H groups in total. The number of ether oxygens (including phenoxy) is 1. The van der Waals surface area contributed by atoms with E-state index in [0.717, 1.165) is 18.9 Å². The van der Waals surface area contributed by atoms with E-state index in [9.17, 15) is 14.4 Å². The zero-order chi connectivity index (χ0) is 20.9. The van der Waals surface area contributed by atoms with E-state index >= 15 is 4.39 Å². The van der Waals surface area contributed by atoms with Crippen LogP contribution in [-0.2, 0) is 4.79 Å². The second-order valence-electron chi connectivity index (χ2n) is 7.58. The van der Waals surface area contributed by atoms with Crippen molar-refractivity contribution in [1.82, 2.24) is 9.88 Å². The largest absolute Gasteiger partial charge is 0.492 e. The van der Waals surface area contributed by atoms with Gasteiger partial charge in [0, 0.05) is 37.9 Å². The van der Waals surface area contributed by atoms with Crippen LogP contribution in [-0.4, -0.2) is 54.2 Å². The third-order valence-corrected chi connectivity index (χ3v) is 5.47. The molecule has 9 heteroatoms. The average molecular weight is 403 g/mol. The standard InChI is InChI=1S/C20H22FN3O5/c1-10-8-23(6-5-22-10)16-14(21)7-12-15(19(16)29-2)24(11-3-4-11)9-13(17(12)25)18(26)20(27)28/h7,9-11,22H,3-6,8H2,1-2H3,(H,27,28). The number of hydrogen-bond donors (Lipinski definition) is 2. The number of carbonyl (C=O) groups excluding carboxylic acids is 1. The number of nitrogens with one attached hydrogen (secondary N) is 1. The smallest absolute Gasteiger partial charge is 0.377 e. The molecule has 29 heavy (non-hydrogen) atoms. The van der Waals surface area contributed by atoms with E-state index in [1.165, 1.54) is 13.3 Å². The highest BCUT2D eigenvalue weighted by Crippen LogP contribution is 2.43. The molecular formula is C20H22FN3O5. The van der Waals surface area contributed by atoms with Crippen LogP contribution in [0, 0.1) is 5.82 Å². The molecule has 1 aliphatic carbocycles. The molecule has 1 aromatic carbocycles. The normalized spacial score (nSPS) is 19.4. The van der Waals surface area contributed by atoms with Gasteiger partial charge in [0.15, 0.2) is 11.6 Å². The number of nitrogens with zero attached hydrogens (tertiary/aromatic N) is 2. The third kappa shape index (κ3) is 3.25. The van der Waals surface area contributed by atoms with Crippen LogP contribution in [0.4, 0.5) is 10.1 Å². The maximum absolute atomic E-state index is 15.2. The van der Waals surface area contributed by atoms with E-state index in [4.69, 9.17) is 9.84 Å². The molecule has 2 aromatic rings. The van der Waals surface area contributed by atoms with Crippen LogP contribution in [0.2, 0.25) is 0 Å². The van der Waals surface area contributed by atoms with Crippen molar-refractivity contribution < 1.29 is 23.8 Å². The van der Waals surface area contributed by atoms with E-state index < -0.39 is 28.6 Å². The summed E-state index contributed by atoms with van der Waals surface area (Å²) in [7, 11) is 1.42. The van der Waals surface area contributed by atoms with E-state index in [1.807, 2.05) is 11.8 Å². The number of carbonyl (C=O) groups is 2. The molecule has 0 spiro atoms. The monoisotopic (exact) mass is 403 g/mol. The second-order valence-corrected chi connectivity index (χ2v) is 7.58. The molecule has 0 bridgehead atoms. The lowest BCUT2D eigenvalue weighted by atomic mass is 10.0. The maximum Gasteiger partial charge on any atom is 0.377 e. The fourth-order valence-electron chi connectivity index (χ4n) is 3.98. The highest BCUT2D eigenvalue weighted by Gasteiger charge is 2.32. The van der Waals surface area contributed by atoms with Crippen LogP contribution in [0.3, 0.4) is 0 Å². The average Bonchev–Trinajstić information content (AvgIpc) is 3.52. The Hall–Kier alpha value is -2.94. The van der Waals surface area contributed by atoms with Crippen LogP contribution in [0.5, 0.6) is 5.75 Å². The summed E-state index contributed by atoms with van der Waals surface area (Å²) in [6, 6.07) is 1.26. The molecule has 154 valence electrons. The number of hydrogen-bond acceptors (Lipinski definition) is 6. The zero-order valence-electron chi connectivity index (χ0n) is 16.2. The molecule has 0 radical (unpaired) electrons. The molecule has 2 aliphatic rings. The quantitative estimate of drug-likeness (QED) is 0.577. The van der Waals surface area contributed by atoms with Gasteiger partial charge in [0.1, 0.15) is 5.69 Å². The van der Waals surface area contributed by atoms with Crippen LogP contribution >= 0.6 is 0 Å². The summed E-state index contributed by atoms with van der Waals surface area (Å²) in [4.78, 5) is 38.0. The van der Waals surface area contributed by atoms with Gasteiger partial charge in [0.25, 0.3) is 5.78 Å². The van der Waals surface area contributed by atoms with E-state index in [0.29, 0.717) is 25.2 Å². The number of carboxylic acid groups (broad SMARTS) is 1. The van der Waals surface area contributed by atoms with Gasteiger partial charge in [-0.25, -0.2) is 9.18 Å². The lowest BCUT2D eigenvalue weighted by Crippen LogP contribution is -2.49. The number of methoxy groups -OCH3 is 1. The summed E-state index contributed by atoms with van der Waals surface area (Å²) in [5, 5.41) is 12.3. The Morgan fingerprint density at radius 2 is 2.07 bits per heavy atom. The minimum absolute atomic E-state index is 0.00704. The fourth-order valence-corrected chi connectivity index (χ4v) is 3.98. The van der Waals surface area contributed by atoms with Gasteiger partial charge in [0.2, 0.25) is 5.43 Å². The van der Waals surface area contributed by atoms with Gasteiger partial charge in [-0.15, -0.1) is 0 Å². The van der Waals surface area contributed by atoms with Crippen molar-refractivity contribution in [1.29, 1.82) is 0 Å². The summed E-state index contributed by atoms with van der Waals surface area (Å²) in [6.45, 7) is 3.83. The molecule has 4 rings (SSSR count). The molecule has 8 nitrogen and oxygen atoms in total. The number of carboxylic acids is 1. The molecular weight excluding hydrogens is 381 g/mol. The maximum atomic E-state index is 15.2. The number of rotatable bonds is 5. The van der Waals surface area contributed by atoms with Crippen molar-refractivity contribution in [2.45, 2.75) is 31.8 Å². The number of anilines is 1. The summed E-state index contributed by atoms with van der Waals surface area (Å²) in [6.07, 6.45) is 2.92. The molecule has 1 aliphatic heterocycles. The Labute approximate surface area is 165 Å². The Morgan fingerprint density at radius 3 is 2.66 bits per heavy atom. The summed E-state index contributed by atoms with van der Waals surface area (Å²) >= 11 is 0. The molecule has 1 unspecified atom stereocenters. The van der Waals surface area contributed by atoms with Gasteiger partial charge < -0.3 is 24.6 Å². The lowest BCUT2D eigenvalue weighted by Gasteiger charge is -2.35. The highest BCUT2D eigenvalue weighted by molar-refractivity contribution is 6.40. The highest BCUT2D eigenvalue weighted by atomic mass is 19.1. The molecule has 2 fully saturated rings. The number of fused-ring (bicyclic) bond motifs is 1. The molecule has 1 saturated carbocycles. The molecule has 0 amide bonds.